The summed E-state index contributed by atoms with van der Waals surface area (Å²) < 4.78 is 5.33. The Bertz CT molecular complexity index is 979. The average Bonchev–Trinajstić information content (AvgIpc) is 3.20. The van der Waals surface area contributed by atoms with E-state index in [2.05, 4.69) is 33.5 Å². The third kappa shape index (κ3) is 6.84. The van der Waals surface area contributed by atoms with Crippen molar-refractivity contribution in [2.75, 3.05) is 29.9 Å². The van der Waals surface area contributed by atoms with Gasteiger partial charge in [0.1, 0.15) is 11.4 Å². The van der Waals surface area contributed by atoms with Crippen molar-refractivity contribution in [2.24, 2.45) is 5.92 Å². The number of nitrogens with one attached hydrogen (secondary N) is 2. The normalized spacial score (nSPS) is 15.8. The SMILES string of the molecule is CCCc1cc(N2CC[C@@H](CNC(=O)OC(C)(C)C)C2)nc(Nc2cccc(C#N)c2)n1. The molecule has 1 aromatic carbocycles. The maximum Gasteiger partial charge on any atom is 0.407 e. The number of alkyl carbamates (subject to hydrolysis) is 1. The van der Waals surface area contributed by atoms with E-state index in [0.717, 1.165) is 49.6 Å². The molecule has 1 aromatic heterocycles. The number of aryl methyl sites for hydroxylation is 1. The molecule has 0 unspecified atom stereocenters. The fourth-order valence-electron chi connectivity index (χ4n) is 3.63. The van der Waals surface area contributed by atoms with E-state index in [9.17, 15) is 4.79 Å². The highest BCUT2D eigenvalue weighted by Gasteiger charge is 2.25. The molecule has 170 valence electrons. The number of nitrogens with zero attached hydrogens (tertiary/aromatic N) is 4. The number of rotatable bonds is 7. The zero-order valence-corrected chi connectivity index (χ0v) is 19.3. The number of aromatic nitrogens is 2. The van der Waals surface area contributed by atoms with Crippen LogP contribution in [-0.2, 0) is 11.2 Å². The van der Waals surface area contributed by atoms with E-state index in [1.807, 2.05) is 39.0 Å². The van der Waals surface area contributed by atoms with E-state index in [-0.39, 0.29) is 6.09 Å². The van der Waals surface area contributed by atoms with E-state index < -0.39 is 5.60 Å². The molecule has 0 spiro atoms. The molecule has 8 heteroatoms. The molecular weight excluding hydrogens is 404 g/mol. The molecule has 1 atom stereocenters. The molecule has 0 saturated carbocycles. The molecule has 0 bridgehead atoms. The van der Waals surface area contributed by atoms with Gasteiger partial charge in [-0.05, 0) is 57.7 Å². The molecule has 1 amide bonds. The molecular formula is C24H32N6O2. The van der Waals surface area contributed by atoms with Crippen molar-refractivity contribution in [3.8, 4) is 6.07 Å². The number of anilines is 3. The number of nitriles is 1. The molecule has 1 aliphatic heterocycles. The highest BCUT2D eigenvalue weighted by molar-refractivity contribution is 5.67. The minimum absolute atomic E-state index is 0.329. The minimum atomic E-state index is -0.501. The Kier molecular flexibility index (Phi) is 7.52. The first-order chi connectivity index (χ1) is 15.3. The Morgan fingerprint density at radius 3 is 2.84 bits per heavy atom. The third-order valence-electron chi connectivity index (χ3n) is 5.06. The van der Waals surface area contributed by atoms with E-state index >= 15 is 0 Å². The van der Waals surface area contributed by atoms with Gasteiger partial charge in [0.05, 0.1) is 11.6 Å². The molecule has 0 aliphatic carbocycles. The van der Waals surface area contributed by atoms with Crippen molar-refractivity contribution in [1.82, 2.24) is 15.3 Å². The van der Waals surface area contributed by atoms with Crippen LogP contribution in [0.5, 0.6) is 0 Å². The number of carbonyl (C=O) groups excluding carboxylic acids is 1. The van der Waals surface area contributed by atoms with Crippen molar-refractivity contribution in [3.63, 3.8) is 0 Å². The van der Waals surface area contributed by atoms with E-state index in [1.54, 1.807) is 12.1 Å². The summed E-state index contributed by atoms with van der Waals surface area (Å²) in [6.45, 7) is 9.94. The van der Waals surface area contributed by atoms with Gasteiger partial charge in [0.2, 0.25) is 5.95 Å². The average molecular weight is 437 g/mol. The monoisotopic (exact) mass is 436 g/mol. The van der Waals surface area contributed by atoms with Crippen LogP contribution in [0.1, 0.15) is 51.8 Å². The van der Waals surface area contributed by atoms with E-state index in [1.165, 1.54) is 0 Å². The van der Waals surface area contributed by atoms with Crippen LogP contribution in [0.2, 0.25) is 0 Å². The largest absolute Gasteiger partial charge is 0.444 e. The summed E-state index contributed by atoms with van der Waals surface area (Å²) in [4.78, 5) is 23.6. The first-order valence-corrected chi connectivity index (χ1v) is 11.1. The predicted octanol–water partition coefficient (Wildman–Crippen LogP) is 4.40. The Morgan fingerprint density at radius 2 is 2.12 bits per heavy atom. The van der Waals surface area contributed by atoms with Gasteiger partial charge in [-0.25, -0.2) is 9.78 Å². The minimum Gasteiger partial charge on any atom is -0.444 e. The van der Waals surface area contributed by atoms with Gasteiger partial charge in [0, 0.05) is 37.1 Å². The van der Waals surface area contributed by atoms with Crippen LogP contribution >= 0.6 is 0 Å². The summed E-state index contributed by atoms with van der Waals surface area (Å²) in [7, 11) is 0. The second-order valence-electron chi connectivity index (χ2n) is 9.09. The van der Waals surface area contributed by atoms with Gasteiger partial charge in [-0.1, -0.05) is 19.4 Å². The first kappa shape index (κ1) is 23.3. The lowest BCUT2D eigenvalue weighted by Crippen LogP contribution is -2.36. The van der Waals surface area contributed by atoms with Crippen LogP contribution < -0.4 is 15.5 Å². The number of hydrogen-bond acceptors (Lipinski definition) is 7. The van der Waals surface area contributed by atoms with Crippen molar-refractivity contribution in [1.29, 1.82) is 5.26 Å². The van der Waals surface area contributed by atoms with Crippen LogP contribution in [0, 0.1) is 17.2 Å². The van der Waals surface area contributed by atoms with Gasteiger partial charge < -0.3 is 20.3 Å². The van der Waals surface area contributed by atoms with Crippen LogP contribution in [0.4, 0.5) is 22.2 Å². The number of carbonyl (C=O) groups is 1. The van der Waals surface area contributed by atoms with Gasteiger partial charge in [0.25, 0.3) is 0 Å². The lowest BCUT2D eigenvalue weighted by Gasteiger charge is -2.21. The Morgan fingerprint density at radius 1 is 1.31 bits per heavy atom. The first-order valence-electron chi connectivity index (χ1n) is 11.1. The summed E-state index contributed by atoms with van der Waals surface area (Å²) in [6, 6.07) is 11.5. The zero-order valence-electron chi connectivity index (χ0n) is 19.3. The number of benzene rings is 1. The lowest BCUT2D eigenvalue weighted by atomic mass is 10.1. The second-order valence-corrected chi connectivity index (χ2v) is 9.09. The summed E-state index contributed by atoms with van der Waals surface area (Å²) in [5.74, 6) is 1.73. The molecule has 1 fully saturated rings. The molecule has 3 rings (SSSR count). The van der Waals surface area contributed by atoms with Crippen molar-refractivity contribution in [3.05, 3.63) is 41.6 Å². The maximum atomic E-state index is 12.0. The fourth-order valence-corrected chi connectivity index (χ4v) is 3.63. The molecule has 1 saturated heterocycles. The Balaban J connectivity index is 1.67. The summed E-state index contributed by atoms with van der Waals surface area (Å²) in [6.07, 6.45) is 2.44. The summed E-state index contributed by atoms with van der Waals surface area (Å²) in [5.41, 5.74) is 1.84. The zero-order chi connectivity index (χ0) is 23.1. The molecule has 2 heterocycles. The topological polar surface area (TPSA) is 103 Å². The lowest BCUT2D eigenvalue weighted by molar-refractivity contribution is 0.0520. The van der Waals surface area contributed by atoms with Crippen LogP contribution in [0.15, 0.2) is 30.3 Å². The van der Waals surface area contributed by atoms with Crippen molar-refractivity contribution < 1.29 is 9.53 Å². The molecule has 2 N–H and O–H groups in total. The van der Waals surface area contributed by atoms with Gasteiger partial charge in [-0.3, -0.25) is 0 Å². The van der Waals surface area contributed by atoms with Crippen LogP contribution in [0.25, 0.3) is 0 Å². The Labute approximate surface area is 190 Å². The van der Waals surface area contributed by atoms with Crippen LogP contribution in [-0.4, -0.2) is 41.3 Å². The number of amides is 1. The summed E-state index contributed by atoms with van der Waals surface area (Å²) >= 11 is 0. The fraction of sp³-hybridized carbons (Fsp3) is 0.500. The standard InChI is InChI=1S/C24H32N6O2/c1-5-7-19-13-21(29-22(27-19)28-20-9-6-8-17(12-20)14-25)30-11-10-18(16-30)15-26-23(31)32-24(2,3)4/h6,8-9,12-13,18H,5,7,10-11,15-16H2,1-4H3,(H,26,31)(H,27,28,29)/t18-/m0/s1. The predicted molar refractivity (Wildman–Crippen MR) is 125 cm³/mol. The molecule has 1 aliphatic rings. The van der Waals surface area contributed by atoms with E-state index in [4.69, 9.17) is 15.0 Å². The van der Waals surface area contributed by atoms with Gasteiger partial charge in [-0.15, -0.1) is 0 Å². The molecule has 8 nitrogen and oxygen atoms in total. The molecule has 32 heavy (non-hydrogen) atoms. The third-order valence-corrected chi connectivity index (χ3v) is 5.06. The second kappa shape index (κ2) is 10.3. The van der Waals surface area contributed by atoms with Crippen LogP contribution in [0.3, 0.4) is 0 Å². The molecule has 2 aromatic rings. The quantitative estimate of drug-likeness (QED) is 0.663. The van der Waals surface area contributed by atoms with Gasteiger partial charge in [-0.2, -0.15) is 10.2 Å². The van der Waals surface area contributed by atoms with Gasteiger partial charge in [0.15, 0.2) is 0 Å². The Hall–Kier alpha value is -3.34. The van der Waals surface area contributed by atoms with Crippen molar-refractivity contribution in [2.45, 2.75) is 52.6 Å². The number of hydrogen-bond donors (Lipinski definition) is 2. The smallest absolute Gasteiger partial charge is 0.407 e. The van der Waals surface area contributed by atoms with Gasteiger partial charge >= 0.3 is 6.09 Å². The highest BCUT2D eigenvalue weighted by Crippen LogP contribution is 2.25. The van der Waals surface area contributed by atoms with Crippen molar-refractivity contribution >= 4 is 23.5 Å². The molecule has 0 radical (unpaired) electrons. The maximum absolute atomic E-state index is 12.0. The van der Waals surface area contributed by atoms with E-state index in [0.29, 0.717) is 24.0 Å². The number of ether oxygens (including phenoxy) is 1. The highest BCUT2D eigenvalue weighted by atomic mass is 16.6. The summed E-state index contributed by atoms with van der Waals surface area (Å²) in [5, 5.41) is 15.3.